The van der Waals surface area contributed by atoms with Crippen LogP contribution in [-0.2, 0) is 0 Å². The molecule has 0 radical (unpaired) electrons. The summed E-state index contributed by atoms with van der Waals surface area (Å²) < 4.78 is 0. The monoisotopic (exact) mass is 323 g/mol. The number of anilines is 1. The van der Waals surface area contributed by atoms with Crippen molar-refractivity contribution in [1.29, 1.82) is 0 Å². The van der Waals surface area contributed by atoms with Crippen molar-refractivity contribution in [3.05, 3.63) is 51.9 Å². The second-order valence-corrected chi connectivity index (χ2v) is 5.96. The van der Waals surface area contributed by atoms with Gasteiger partial charge in [0, 0.05) is 17.0 Å². The highest BCUT2D eigenvalue weighted by molar-refractivity contribution is 6.30. The van der Waals surface area contributed by atoms with Gasteiger partial charge in [-0.25, -0.2) is 9.97 Å². The molecule has 3 rings (SSSR count). The van der Waals surface area contributed by atoms with Crippen LogP contribution in [0.15, 0.2) is 30.3 Å². The highest BCUT2D eigenvalue weighted by Gasteiger charge is 2.27. The molecule has 0 saturated heterocycles. The lowest BCUT2D eigenvalue weighted by Crippen LogP contribution is -2.16. The molecule has 1 aliphatic carbocycles. The predicted octanol–water partition coefficient (Wildman–Crippen LogP) is 3.81. The van der Waals surface area contributed by atoms with E-state index < -0.39 is 0 Å². The fourth-order valence-electron chi connectivity index (χ4n) is 2.14. The lowest BCUT2D eigenvalue weighted by Gasteiger charge is -2.18. The van der Waals surface area contributed by atoms with Crippen LogP contribution in [0, 0.1) is 0 Å². The highest BCUT2D eigenvalue weighted by atomic mass is 35.5. The van der Waals surface area contributed by atoms with E-state index in [0.717, 1.165) is 24.2 Å². The largest absolute Gasteiger partial charge is 0.394 e. The first-order valence-electron chi connectivity index (χ1n) is 6.83. The maximum absolute atomic E-state index is 9.60. The molecule has 1 fully saturated rings. The molecule has 1 unspecified atom stereocenters. The van der Waals surface area contributed by atoms with Gasteiger partial charge in [-0.15, -0.1) is 0 Å². The first kappa shape index (κ1) is 14.6. The van der Waals surface area contributed by atoms with Gasteiger partial charge in [-0.05, 0) is 30.5 Å². The molecule has 1 heterocycles. The third kappa shape index (κ3) is 3.64. The Bertz CT molecular complexity index is 629. The van der Waals surface area contributed by atoms with E-state index in [1.165, 1.54) is 0 Å². The van der Waals surface area contributed by atoms with Crippen molar-refractivity contribution in [3.63, 3.8) is 0 Å². The zero-order chi connectivity index (χ0) is 14.8. The van der Waals surface area contributed by atoms with Crippen LogP contribution in [0.2, 0.25) is 10.2 Å². The van der Waals surface area contributed by atoms with E-state index in [-0.39, 0.29) is 12.6 Å². The third-order valence-corrected chi connectivity index (χ3v) is 3.88. The SMILES string of the molecule is OCC(Nc1cc(Cl)nc(C2CC2)n1)c1ccc(Cl)cc1. The standard InChI is InChI=1S/C15H15Cl2N3O/c16-11-5-3-9(4-6-11)12(8-21)18-14-7-13(17)19-15(20-14)10-1-2-10/h3-7,10,12,21H,1-2,8H2,(H,18,19,20). The molecule has 6 heteroatoms. The molecule has 21 heavy (non-hydrogen) atoms. The van der Waals surface area contributed by atoms with Gasteiger partial charge < -0.3 is 10.4 Å². The Labute approximate surface area is 133 Å². The average molecular weight is 324 g/mol. The van der Waals surface area contributed by atoms with E-state index in [2.05, 4.69) is 15.3 Å². The van der Waals surface area contributed by atoms with Gasteiger partial charge in [-0.1, -0.05) is 35.3 Å². The van der Waals surface area contributed by atoms with E-state index in [9.17, 15) is 5.11 Å². The summed E-state index contributed by atoms with van der Waals surface area (Å²) in [6, 6.07) is 8.75. The van der Waals surface area contributed by atoms with Gasteiger partial charge in [0.2, 0.25) is 0 Å². The molecule has 0 amide bonds. The Hall–Kier alpha value is -1.36. The molecule has 0 bridgehead atoms. The zero-order valence-corrected chi connectivity index (χ0v) is 12.8. The Balaban J connectivity index is 1.81. The fourth-order valence-corrected chi connectivity index (χ4v) is 2.46. The van der Waals surface area contributed by atoms with Crippen molar-refractivity contribution in [3.8, 4) is 0 Å². The van der Waals surface area contributed by atoms with Gasteiger partial charge in [-0.2, -0.15) is 0 Å². The lowest BCUT2D eigenvalue weighted by atomic mass is 10.1. The predicted molar refractivity (Wildman–Crippen MR) is 83.9 cm³/mol. The van der Waals surface area contributed by atoms with Crippen molar-refractivity contribution >= 4 is 29.0 Å². The van der Waals surface area contributed by atoms with Gasteiger partial charge in [0.25, 0.3) is 0 Å². The Morgan fingerprint density at radius 1 is 1.19 bits per heavy atom. The molecule has 1 atom stereocenters. The molecule has 2 aromatic rings. The number of aliphatic hydroxyl groups excluding tert-OH is 1. The summed E-state index contributed by atoms with van der Waals surface area (Å²) in [5.41, 5.74) is 0.935. The number of benzene rings is 1. The molecule has 1 aromatic carbocycles. The fraction of sp³-hybridized carbons (Fsp3) is 0.333. The molecule has 0 aliphatic heterocycles. The summed E-state index contributed by atoms with van der Waals surface area (Å²) in [6.45, 7) is -0.0536. The Kier molecular flexibility index (Phi) is 4.29. The van der Waals surface area contributed by atoms with E-state index in [4.69, 9.17) is 23.2 Å². The molecule has 110 valence electrons. The summed E-state index contributed by atoms with van der Waals surface area (Å²) >= 11 is 11.9. The van der Waals surface area contributed by atoms with Gasteiger partial charge in [-0.3, -0.25) is 0 Å². The number of halogens is 2. The summed E-state index contributed by atoms with van der Waals surface area (Å²) in [6.07, 6.45) is 2.22. The average Bonchev–Trinajstić information content (AvgIpc) is 3.30. The van der Waals surface area contributed by atoms with Crippen LogP contribution in [0.4, 0.5) is 5.82 Å². The van der Waals surface area contributed by atoms with Crippen molar-refractivity contribution < 1.29 is 5.11 Å². The maximum atomic E-state index is 9.60. The quantitative estimate of drug-likeness (QED) is 0.821. The Morgan fingerprint density at radius 2 is 1.90 bits per heavy atom. The zero-order valence-electron chi connectivity index (χ0n) is 11.3. The maximum Gasteiger partial charge on any atom is 0.135 e. The molecule has 1 saturated carbocycles. The molecule has 0 spiro atoms. The summed E-state index contributed by atoms with van der Waals surface area (Å²) in [5.74, 6) is 1.83. The number of hydrogen-bond acceptors (Lipinski definition) is 4. The third-order valence-electron chi connectivity index (χ3n) is 3.43. The summed E-state index contributed by atoms with van der Waals surface area (Å²) in [5, 5.41) is 13.9. The number of nitrogens with one attached hydrogen (secondary N) is 1. The minimum absolute atomic E-state index is 0.0536. The van der Waals surface area contributed by atoms with Crippen LogP contribution in [0.25, 0.3) is 0 Å². The van der Waals surface area contributed by atoms with Gasteiger partial charge >= 0.3 is 0 Å². The number of rotatable bonds is 5. The molecular formula is C15H15Cl2N3O. The van der Waals surface area contributed by atoms with E-state index in [1.54, 1.807) is 18.2 Å². The number of aliphatic hydroxyl groups is 1. The smallest absolute Gasteiger partial charge is 0.135 e. The molecule has 1 aliphatic rings. The first-order chi connectivity index (χ1) is 10.2. The van der Waals surface area contributed by atoms with Crippen LogP contribution < -0.4 is 5.32 Å². The van der Waals surface area contributed by atoms with Crippen LogP contribution in [-0.4, -0.2) is 21.7 Å². The van der Waals surface area contributed by atoms with E-state index in [0.29, 0.717) is 21.9 Å². The Morgan fingerprint density at radius 3 is 2.52 bits per heavy atom. The van der Waals surface area contributed by atoms with Crippen LogP contribution >= 0.6 is 23.2 Å². The topological polar surface area (TPSA) is 58.0 Å². The number of hydrogen-bond donors (Lipinski definition) is 2. The number of nitrogens with zero attached hydrogens (tertiary/aromatic N) is 2. The first-order valence-corrected chi connectivity index (χ1v) is 7.58. The van der Waals surface area contributed by atoms with E-state index >= 15 is 0 Å². The number of aromatic nitrogens is 2. The normalized spacial score (nSPS) is 15.8. The second kappa shape index (κ2) is 6.18. The second-order valence-electron chi connectivity index (χ2n) is 5.14. The van der Waals surface area contributed by atoms with Crippen molar-refractivity contribution in [2.75, 3.05) is 11.9 Å². The van der Waals surface area contributed by atoms with E-state index in [1.807, 2.05) is 12.1 Å². The molecule has 2 N–H and O–H groups in total. The molecule has 1 aromatic heterocycles. The van der Waals surface area contributed by atoms with Crippen molar-refractivity contribution in [2.45, 2.75) is 24.8 Å². The summed E-state index contributed by atoms with van der Waals surface area (Å²) in [4.78, 5) is 8.73. The van der Waals surface area contributed by atoms with Gasteiger partial charge in [0.1, 0.15) is 16.8 Å². The minimum atomic E-state index is -0.264. The van der Waals surface area contributed by atoms with Crippen molar-refractivity contribution in [1.82, 2.24) is 9.97 Å². The van der Waals surface area contributed by atoms with Crippen LogP contribution in [0.5, 0.6) is 0 Å². The van der Waals surface area contributed by atoms with Crippen molar-refractivity contribution in [2.24, 2.45) is 0 Å². The summed E-state index contributed by atoms with van der Waals surface area (Å²) in [7, 11) is 0. The highest BCUT2D eigenvalue weighted by Crippen LogP contribution is 2.39. The lowest BCUT2D eigenvalue weighted by molar-refractivity contribution is 0.276. The molecular weight excluding hydrogens is 309 g/mol. The molecule has 4 nitrogen and oxygen atoms in total. The minimum Gasteiger partial charge on any atom is -0.394 e. The van der Waals surface area contributed by atoms with Gasteiger partial charge in [0.05, 0.1) is 12.6 Å². The van der Waals surface area contributed by atoms with Crippen LogP contribution in [0.1, 0.15) is 36.2 Å². The van der Waals surface area contributed by atoms with Gasteiger partial charge in [0.15, 0.2) is 0 Å². The van der Waals surface area contributed by atoms with Crippen LogP contribution in [0.3, 0.4) is 0 Å².